The van der Waals surface area contributed by atoms with Crippen molar-refractivity contribution in [1.82, 2.24) is 0 Å². The molecule has 282 valence electrons. The second-order valence-corrected chi connectivity index (χ2v) is 14.1. The van der Waals surface area contributed by atoms with Gasteiger partial charge in [-0.25, -0.2) is 9.59 Å². The van der Waals surface area contributed by atoms with E-state index in [1.54, 1.807) is 48.5 Å². The van der Waals surface area contributed by atoms with Crippen LogP contribution in [0.1, 0.15) is 68.9 Å². The Morgan fingerprint density at radius 1 is 0.431 bits per heavy atom. The first-order valence-corrected chi connectivity index (χ1v) is 19.2. The lowest BCUT2D eigenvalue weighted by Gasteiger charge is -2.10. The summed E-state index contributed by atoms with van der Waals surface area (Å²) in [5.74, 6) is -0.0104. The van der Waals surface area contributed by atoms with Crippen LogP contribution < -0.4 is 9.47 Å². The number of esters is 2. The van der Waals surface area contributed by atoms with Gasteiger partial charge in [0.25, 0.3) is 0 Å². The summed E-state index contributed by atoms with van der Waals surface area (Å²) in [7, 11) is 0. The minimum Gasteiger partial charge on any atom is -0.423 e. The van der Waals surface area contributed by atoms with Crippen LogP contribution in [0.5, 0.6) is 11.5 Å². The molecule has 0 spiro atoms. The highest BCUT2D eigenvalue weighted by molar-refractivity contribution is 5.93. The van der Waals surface area contributed by atoms with Gasteiger partial charge in [-0.05, 0) is 142 Å². The summed E-state index contributed by atoms with van der Waals surface area (Å²) in [5.41, 5.74) is 6.81. The summed E-state index contributed by atoms with van der Waals surface area (Å²) >= 11 is 0. The Labute approximate surface area is 337 Å². The van der Waals surface area contributed by atoms with Gasteiger partial charge in [0.1, 0.15) is 11.5 Å². The molecular formula is C52H40N2O4. The number of fused-ring (bicyclic) bond motifs is 2. The highest BCUT2D eigenvalue weighted by Crippen LogP contribution is 2.28. The van der Waals surface area contributed by atoms with E-state index < -0.39 is 11.9 Å². The molecule has 0 aromatic heterocycles. The highest BCUT2D eigenvalue weighted by atomic mass is 16.5. The first-order chi connectivity index (χ1) is 28.4. The summed E-state index contributed by atoms with van der Waals surface area (Å²) < 4.78 is 11.3. The average Bonchev–Trinajstić information content (AvgIpc) is 3.28. The molecule has 8 rings (SSSR count). The first kappa shape index (κ1) is 37.5. The van der Waals surface area contributed by atoms with Crippen molar-refractivity contribution in [2.75, 3.05) is 0 Å². The van der Waals surface area contributed by atoms with E-state index in [9.17, 15) is 9.59 Å². The van der Waals surface area contributed by atoms with Gasteiger partial charge < -0.3 is 9.47 Å². The van der Waals surface area contributed by atoms with E-state index in [4.69, 9.17) is 19.5 Å². The average molecular weight is 757 g/mol. The molecule has 8 aromatic carbocycles. The molecule has 2 unspecified atom stereocenters. The van der Waals surface area contributed by atoms with Crippen molar-refractivity contribution in [3.05, 3.63) is 215 Å². The maximum absolute atomic E-state index is 13.0. The summed E-state index contributed by atoms with van der Waals surface area (Å²) in [6, 6.07) is 58.1. The van der Waals surface area contributed by atoms with Crippen LogP contribution in [0.3, 0.4) is 0 Å². The van der Waals surface area contributed by atoms with Crippen molar-refractivity contribution in [2.45, 2.75) is 25.9 Å². The number of benzene rings is 8. The second-order valence-electron chi connectivity index (χ2n) is 14.1. The van der Waals surface area contributed by atoms with Gasteiger partial charge >= 0.3 is 11.9 Å². The summed E-state index contributed by atoms with van der Waals surface area (Å²) in [6.07, 6.45) is 3.69. The fourth-order valence-corrected chi connectivity index (χ4v) is 6.96. The third kappa shape index (κ3) is 8.67. The SMILES string of the molecule is CC(N=Cc1ccc(OC(=O)c2ccc(-c3ccc(C(=O)Oc4ccc(C=NC(C)c5cccc6ccccc56)cc4)cc3)cc2)cc1)c1cccc2ccccc12. The molecule has 0 heterocycles. The van der Waals surface area contributed by atoms with Crippen molar-refractivity contribution >= 4 is 45.9 Å². The molecule has 0 aliphatic carbocycles. The van der Waals surface area contributed by atoms with Gasteiger partial charge in [-0.1, -0.05) is 109 Å². The maximum atomic E-state index is 13.0. The molecule has 8 aromatic rings. The number of hydrogen-bond donors (Lipinski definition) is 0. The zero-order chi connectivity index (χ0) is 39.8. The van der Waals surface area contributed by atoms with Gasteiger partial charge in [0.05, 0.1) is 23.2 Å². The first-order valence-electron chi connectivity index (χ1n) is 19.2. The number of carbonyl (C=O) groups is 2. The van der Waals surface area contributed by atoms with E-state index in [2.05, 4.69) is 74.5 Å². The van der Waals surface area contributed by atoms with Crippen LogP contribution in [0.4, 0.5) is 0 Å². The quantitative estimate of drug-likeness (QED) is 0.0748. The molecule has 0 saturated heterocycles. The molecule has 0 aliphatic heterocycles. The van der Waals surface area contributed by atoms with Gasteiger partial charge in [-0.3, -0.25) is 9.98 Å². The lowest BCUT2D eigenvalue weighted by Crippen LogP contribution is -2.08. The van der Waals surface area contributed by atoms with Crippen molar-refractivity contribution in [2.24, 2.45) is 9.98 Å². The minimum absolute atomic E-state index is 0.0148. The minimum atomic E-state index is -0.452. The molecule has 58 heavy (non-hydrogen) atoms. The molecule has 0 bridgehead atoms. The van der Waals surface area contributed by atoms with E-state index in [1.165, 1.54) is 32.7 Å². The van der Waals surface area contributed by atoms with Crippen LogP contribution in [-0.2, 0) is 0 Å². The largest absolute Gasteiger partial charge is 0.423 e. The van der Waals surface area contributed by atoms with Crippen molar-refractivity contribution in [3.63, 3.8) is 0 Å². The molecule has 0 N–H and O–H groups in total. The maximum Gasteiger partial charge on any atom is 0.343 e. The molecule has 0 radical (unpaired) electrons. The fourth-order valence-electron chi connectivity index (χ4n) is 6.96. The van der Waals surface area contributed by atoms with E-state index in [-0.39, 0.29) is 12.1 Å². The van der Waals surface area contributed by atoms with Gasteiger partial charge in [0.15, 0.2) is 0 Å². The molecule has 6 nitrogen and oxygen atoms in total. The predicted octanol–water partition coefficient (Wildman–Crippen LogP) is 12.5. The van der Waals surface area contributed by atoms with Crippen molar-refractivity contribution in [3.8, 4) is 22.6 Å². The topological polar surface area (TPSA) is 77.3 Å². The third-order valence-corrected chi connectivity index (χ3v) is 10.2. The molecule has 6 heteroatoms. The highest BCUT2D eigenvalue weighted by Gasteiger charge is 2.13. The van der Waals surface area contributed by atoms with Crippen molar-refractivity contribution in [1.29, 1.82) is 0 Å². The third-order valence-electron chi connectivity index (χ3n) is 10.2. The van der Waals surface area contributed by atoms with E-state index in [1.807, 2.05) is 85.2 Å². The standard InChI is InChI=1S/C52H40N2O4/c1-35(47-15-7-11-41-9-3-5-13-49(41)47)53-33-37-17-29-45(30-18-37)57-51(55)43-25-21-39(22-26-43)40-23-27-44(28-24-40)52(56)58-46-31-19-38(20-32-46)34-54-36(2)48-16-8-12-42-10-4-6-14-50(42)48/h3-36H,1-2H3. The molecule has 0 amide bonds. The molecule has 0 aliphatic rings. The van der Waals surface area contributed by atoms with Gasteiger partial charge in [0, 0.05) is 12.4 Å². The van der Waals surface area contributed by atoms with E-state index >= 15 is 0 Å². The normalized spacial score (nSPS) is 12.5. The number of rotatable bonds is 11. The van der Waals surface area contributed by atoms with Crippen LogP contribution in [-0.4, -0.2) is 24.4 Å². The molecule has 2 atom stereocenters. The van der Waals surface area contributed by atoms with Crippen LogP contribution in [0, 0.1) is 0 Å². The Hall–Kier alpha value is -7.44. The Morgan fingerprint density at radius 3 is 1.19 bits per heavy atom. The number of carbonyl (C=O) groups excluding carboxylic acids is 2. The zero-order valence-electron chi connectivity index (χ0n) is 32.2. The van der Waals surface area contributed by atoms with Crippen LogP contribution >= 0.6 is 0 Å². The van der Waals surface area contributed by atoms with Gasteiger partial charge in [0.2, 0.25) is 0 Å². The number of hydrogen-bond acceptors (Lipinski definition) is 6. The Bertz CT molecular complexity index is 2570. The van der Waals surface area contributed by atoms with Gasteiger partial charge in [-0.2, -0.15) is 0 Å². The predicted molar refractivity (Wildman–Crippen MR) is 235 cm³/mol. The van der Waals surface area contributed by atoms with Crippen molar-refractivity contribution < 1.29 is 19.1 Å². The number of aliphatic imine (C=N–C) groups is 2. The number of ether oxygens (including phenoxy) is 2. The monoisotopic (exact) mass is 756 g/mol. The lowest BCUT2D eigenvalue weighted by molar-refractivity contribution is 0.0725. The summed E-state index contributed by atoms with van der Waals surface area (Å²) in [6.45, 7) is 4.16. The Morgan fingerprint density at radius 2 is 0.793 bits per heavy atom. The molecule has 0 fully saturated rings. The van der Waals surface area contributed by atoms with Crippen LogP contribution in [0.25, 0.3) is 32.7 Å². The molecule has 0 saturated carbocycles. The summed E-state index contributed by atoms with van der Waals surface area (Å²) in [4.78, 5) is 35.5. The van der Waals surface area contributed by atoms with E-state index in [0.717, 1.165) is 22.3 Å². The smallest absolute Gasteiger partial charge is 0.343 e. The number of nitrogens with zero attached hydrogens (tertiary/aromatic N) is 2. The lowest BCUT2D eigenvalue weighted by atomic mass is 10.00. The molecular weight excluding hydrogens is 717 g/mol. The van der Waals surface area contributed by atoms with Gasteiger partial charge in [-0.15, -0.1) is 0 Å². The fraction of sp³-hybridized carbons (Fsp3) is 0.0769. The van der Waals surface area contributed by atoms with Crippen LogP contribution in [0.15, 0.2) is 192 Å². The van der Waals surface area contributed by atoms with Crippen LogP contribution in [0.2, 0.25) is 0 Å². The zero-order valence-corrected chi connectivity index (χ0v) is 32.2. The summed E-state index contributed by atoms with van der Waals surface area (Å²) in [5, 5.41) is 4.79. The second kappa shape index (κ2) is 17.1. The Balaban J connectivity index is 0.828. The Kier molecular flexibility index (Phi) is 11.1. The van der Waals surface area contributed by atoms with E-state index in [0.29, 0.717) is 22.6 Å².